The number of nitrogens with one attached hydrogen (secondary N) is 1. The van der Waals surface area contributed by atoms with Gasteiger partial charge in [0.15, 0.2) is 5.11 Å². The van der Waals surface area contributed by atoms with Crippen LogP contribution in [0.3, 0.4) is 0 Å². The molecule has 1 aliphatic rings. The lowest BCUT2D eigenvalue weighted by Gasteiger charge is -2.36. The molecule has 2 rings (SSSR count). The number of nitriles is 1. The number of esters is 1. The second-order valence-electron chi connectivity index (χ2n) is 6.12. The van der Waals surface area contributed by atoms with E-state index >= 15 is 0 Å². The van der Waals surface area contributed by atoms with Gasteiger partial charge in [0.25, 0.3) is 0 Å². The van der Waals surface area contributed by atoms with Gasteiger partial charge >= 0.3 is 5.97 Å². The number of benzene rings is 1. The molecule has 1 N–H and O–H groups in total. The SMILES string of the molecule is CCOC(=O)c1ccc(NC(=S)N(CCC#N)C2CCCCC2)cc1. The lowest BCUT2D eigenvalue weighted by Crippen LogP contribution is -2.44. The van der Waals surface area contributed by atoms with Gasteiger partial charge in [-0.3, -0.25) is 0 Å². The number of carbonyl (C=O) groups is 1. The average Bonchev–Trinajstić information content (AvgIpc) is 2.64. The Morgan fingerprint density at radius 3 is 2.60 bits per heavy atom. The van der Waals surface area contributed by atoms with Crippen molar-refractivity contribution in [2.75, 3.05) is 18.5 Å². The molecule has 1 saturated carbocycles. The predicted molar refractivity (Wildman–Crippen MR) is 102 cm³/mol. The maximum atomic E-state index is 11.7. The Balaban J connectivity index is 2.01. The third kappa shape index (κ3) is 5.71. The van der Waals surface area contributed by atoms with Crippen molar-refractivity contribution in [2.45, 2.75) is 51.5 Å². The zero-order chi connectivity index (χ0) is 18.1. The van der Waals surface area contributed by atoms with Crippen LogP contribution in [0.15, 0.2) is 24.3 Å². The third-order valence-electron chi connectivity index (χ3n) is 4.39. The van der Waals surface area contributed by atoms with Crippen LogP contribution in [-0.2, 0) is 4.74 Å². The summed E-state index contributed by atoms with van der Waals surface area (Å²) in [5, 5.41) is 12.8. The number of anilines is 1. The van der Waals surface area contributed by atoms with Crippen LogP contribution in [0.2, 0.25) is 0 Å². The Morgan fingerprint density at radius 1 is 1.32 bits per heavy atom. The topological polar surface area (TPSA) is 65.4 Å². The molecule has 0 spiro atoms. The second kappa shape index (κ2) is 10.00. The van der Waals surface area contributed by atoms with E-state index in [1.807, 2.05) is 12.1 Å². The second-order valence-corrected chi connectivity index (χ2v) is 6.51. The molecule has 0 bridgehead atoms. The first-order valence-corrected chi connectivity index (χ1v) is 9.28. The normalized spacial score (nSPS) is 14.4. The number of thiocarbonyl (C=S) groups is 1. The van der Waals surface area contributed by atoms with Crippen molar-refractivity contribution in [3.05, 3.63) is 29.8 Å². The van der Waals surface area contributed by atoms with Crippen LogP contribution in [0.1, 0.15) is 55.8 Å². The largest absolute Gasteiger partial charge is 0.462 e. The Bertz CT molecular complexity index is 619. The van der Waals surface area contributed by atoms with Gasteiger partial charge in [0.05, 0.1) is 24.7 Å². The van der Waals surface area contributed by atoms with Crippen LogP contribution < -0.4 is 5.32 Å². The summed E-state index contributed by atoms with van der Waals surface area (Å²) in [6, 6.07) is 9.70. The van der Waals surface area contributed by atoms with Crippen LogP contribution in [0.4, 0.5) is 5.69 Å². The summed E-state index contributed by atoms with van der Waals surface area (Å²) >= 11 is 5.59. The molecule has 0 saturated heterocycles. The van der Waals surface area contributed by atoms with Gasteiger partial charge in [0, 0.05) is 18.3 Å². The Kier molecular flexibility index (Phi) is 7.68. The standard InChI is InChI=1S/C19H25N3O2S/c1-2-24-18(23)15-9-11-16(12-10-15)21-19(25)22(14-6-13-20)17-7-4-3-5-8-17/h9-12,17H,2-8,14H2,1H3,(H,21,25). The zero-order valence-corrected chi connectivity index (χ0v) is 15.5. The Labute approximate surface area is 155 Å². The van der Waals surface area contributed by atoms with Gasteiger partial charge in [-0.05, 0) is 56.2 Å². The fraction of sp³-hybridized carbons (Fsp3) is 0.526. The van der Waals surface area contributed by atoms with Gasteiger partial charge in [-0.2, -0.15) is 5.26 Å². The van der Waals surface area contributed by atoms with Crippen molar-refractivity contribution in [3.63, 3.8) is 0 Å². The van der Waals surface area contributed by atoms with Crippen molar-refractivity contribution < 1.29 is 9.53 Å². The Hall–Kier alpha value is -2.13. The van der Waals surface area contributed by atoms with Gasteiger partial charge in [-0.25, -0.2) is 4.79 Å². The quantitative estimate of drug-likeness (QED) is 0.609. The van der Waals surface area contributed by atoms with Crippen molar-refractivity contribution in [3.8, 4) is 6.07 Å². The van der Waals surface area contributed by atoms with Crippen molar-refractivity contribution in [1.29, 1.82) is 5.26 Å². The van der Waals surface area contributed by atoms with E-state index in [0.29, 0.717) is 36.3 Å². The third-order valence-corrected chi connectivity index (χ3v) is 4.72. The number of hydrogen-bond donors (Lipinski definition) is 1. The molecule has 0 unspecified atom stereocenters. The predicted octanol–water partition coefficient (Wildman–Crippen LogP) is 4.11. The molecule has 0 aliphatic heterocycles. The van der Waals surface area contributed by atoms with Gasteiger partial charge in [-0.1, -0.05) is 19.3 Å². The summed E-state index contributed by atoms with van der Waals surface area (Å²) in [6.45, 7) is 2.79. The Morgan fingerprint density at radius 2 is 2.00 bits per heavy atom. The van der Waals surface area contributed by atoms with Crippen LogP contribution in [0, 0.1) is 11.3 Å². The zero-order valence-electron chi connectivity index (χ0n) is 14.7. The highest BCUT2D eigenvalue weighted by Crippen LogP contribution is 2.24. The first-order valence-electron chi connectivity index (χ1n) is 8.87. The molecule has 1 aromatic carbocycles. The molecule has 6 heteroatoms. The van der Waals surface area contributed by atoms with E-state index in [2.05, 4.69) is 16.3 Å². The summed E-state index contributed by atoms with van der Waals surface area (Å²) in [5.74, 6) is -0.325. The molecule has 0 radical (unpaired) electrons. The minimum atomic E-state index is -0.325. The number of rotatable bonds is 6. The molecule has 25 heavy (non-hydrogen) atoms. The molecular formula is C19H25N3O2S. The van der Waals surface area contributed by atoms with E-state index in [1.165, 1.54) is 19.3 Å². The molecule has 0 atom stereocenters. The summed E-state index contributed by atoms with van der Waals surface area (Å²) < 4.78 is 4.99. The number of hydrogen-bond acceptors (Lipinski definition) is 4. The lowest BCUT2D eigenvalue weighted by atomic mass is 9.94. The van der Waals surface area contributed by atoms with E-state index in [-0.39, 0.29) is 5.97 Å². The van der Waals surface area contributed by atoms with Gasteiger partial charge < -0.3 is 15.0 Å². The summed E-state index contributed by atoms with van der Waals surface area (Å²) in [5.41, 5.74) is 1.35. The molecule has 0 aromatic heterocycles. The van der Waals surface area contributed by atoms with E-state index in [1.54, 1.807) is 19.1 Å². The highest BCUT2D eigenvalue weighted by Gasteiger charge is 2.23. The summed E-state index contributed by atoms with van der Waals surface area (Å²) in [6.07, 6.45) is 6.40. The van der Waals surface area contributed by atoms with E-state index in [9.17, 15) is 4.79 Å². The average molecular weight is 359 g/mol. The molecule has 0 heterocycles. The van der Waals surface area contributed by atoms with Gasteiger partial charge in [0.1, 0.15) is 0 Å². The van der Waals surface area contributed by atoms with Crippen LogP contribution in [-0.4, -0.2) is 35.2 Å². The van der Waals surface area contributed by atoms with E-state index < -0.39 is 0 Å². The molecule has 1 aromatic rings. The number of nitrogens with zero attached hydrogens (tertiary/aromatic N) is 2. The van der Waals surface area contributed by atoms with Crippen LogP contribution in [0.25, 0.3) is 0 Å². The van der Waals surface area contributed by atoms with Crippen molar-refractivity contribution in [2.24, 2.45) is 0 Å². The smallest absolute Gasteiger partial charge is 0.338 e. The molecular weight excluding hydrogens is 334 g/mol. The number of ether oxygens (including phenoxy) is 1. The molecule has 1 fully saturated rings. The fourth-order valence-corrected chi connectivity index (χ4v) is 3.47. The molecule has 0 amide bonds. The summed E-state index contributed by atoms with van der Waals surface area (Å²) in [7, 11) is 0. The maximum absolute atomic E-state index is 11.7. The van der Waals surface area contributed by atoms with E-state index in [4.69, 9.17) is 22.2 Å². The highest BCUT2D eigenvalue weighted by atomic mass is 32.1. The van der Waals surface area contributed by atoms with Crippen molar-refractivity contribution in [1.82, 2.24) is 4.90 Å². The summed E-state index contributed by atoms with van der Waals surface area (Å²) in [4.78, 5) is 13.9. The fourth-order valence-electron chi connectivity index (χ4n) is 3.11. The van der Waals surface area contributed by atoms with Crippen LogP contribution in [0.5, 0.6) is 0 Å². The van der Waals surface area contributed by atoms with E-state index in [0.717, 1.165) is 18.5 Å². The lowest BCUT2D eigenvalue weighted by molar-refractivity contribution is 0.0526. The minimum Gasteiger partial charge on any atom is -0.462 e. The maximum Gasteiger partial charge on any atom is 0.338 e. The monoisotopic (exact) mass is 359 g/mol. The first kappa shape index (κ1) is 19.2. The molecule has 1 aliphatic carbocycles. The van der Waals surface area contributed by atoms with Gasteiger partial charge in [0.2, 0.25) is 0 Å². The molecule has 134 valence electrons. The van der Waals surface area contributed by atoms with Crippen molar-refractivity contribution >= 4 is 29.0 Å². The molecule has 5 nitrogen and oxygen atoms in total. The van der Waals surface area contributed by atoms with Gasteiger partial charge in [-0.15, -0.1) is 0 Å². The minimum absolute atomic E-state index is 0.325. The highest BCUT2D eigenvalue weighted by molar-refractivity contribution is 7.80. The van der Waals surface area contributed by atoms with Crippen LogP contribution >= 0.6 is 12.2 Å². The number of carbonyl (C=O) groups excluding carboxylic acids is 1. The first-order chi connectivity index (χ1) is 12.2.